The summed E-state index contributed by atoms with van der Waals surface area (Å²) >= 11 is 5.93. The lowest BCUT2D eigenvalue weighted by atomic mass is 10.1. The summed E-state index contributed by atoms with van der Waals surface area (Å²) in [6.45, 7) is 3.68. The van der Waals surface area contributed by atoms with Gasteiger partial charge in [0.2, 0.25) is 11.8 Å². The van der Waals surface area contributed by atoms with Crippen LogP contribution in [0.5, 0.6) is 0 Å². The number of carbonyl (C=O) groups is 3. The zero-order valence-electron chi connectivity index (χ0n) is 14.6. The number of halogens is 1. The second kappa shape index (κ2) is 7.30. The van der Waals surface area contributed by atoms with Gasteiger partial charge in [0.1, 0.15) is 0 Å². The molecule has 1 fully saturated rings. The van der Waals surface area contributed by atoms with E-state index in [-0.39, 0.29) is 24.0 Å². The Kier molecular flexibility index (Phi) is 5.09. The lowest BCUT2D eigenvalue weighted by molar-refractivity contribution is -0.122. The van der Waals surface area contributed by atoms with Crippen LogP contribution in [-0.2, 0) is 9.59 Å². The first kappa shape index (κ1) is 18.1. The first-order valence-corrected chi connectivity index (χ1v) is 8.71. The summed E-state index contributed by atoms with van der Waals surface area (Å²) in [5.41, 5.74) is 2.84. The van der Waals surface area contributed by atoms with Gasteiger partial charge in [-0.05, 0) is 61.9 Å². The van der Waals surface area contributed by atoms with E-state index in [0.717, 1.165) is 5.56 Å². The number of nitrogens with one attached hydrogen (secondary N) is 1. The number of rotatable bonds is 4. The number of aryl methyl sites for hydroxylation is 1. The SMILES string of the molecule is CC(=O)c1ccc(N2CC(C(=O)Nc3ccc(Cl)cc3C)CC2=O)cc1. The number of amides is 2. The van der Waals surface area contributed by atoms with Crippen LogP contribution in [0.25, 0.3) is 0 Å². The molecular weight excluding hydrogens is 352 g/mol. The van der Waals surface area contributed by atoms with Crippen molar-refractivity contribution in [3.63, 3.8) is 0 Å². The zero-order chi connectivity index (χ0) is 18.8. The van der Waals surface area contributed by atoms with Crippen molar-refractivity contribution in [2.24, 2.45) is 5.92 Å². The van der Waals surface area contributed by atoms with Crippen molar-refractivity contribution in [1.29, 1.82) is 0 Å². The smallest absolute Gasteiger partial charge is 0.229 e. The van der Waals surface area contributed by atoms with Crippen LogP contribution in [0.15, 0.2) is 42.5 Å². The quantitative estimate of drug-likeness (QED) is 0.831. The zero-order valence-corrected chi connectivity index (χ0v) is 15.3. The normalized spacial score (nSPS) is 16.7. The summed E-state index contributed by atoms with van der Waals surface area (Å²) in [5.74, 6) is -0.745. The minimum atomic E-state index is -0.426. The van der Waals surface area contributed by atoms with Gasteiger partial charge in [0.15, 0.2) is 5.78 Å². The Balaban J connectivity index is 1.70. The molecule has 1 heterocycles. The van der Waals surface area contributed by atoms with Crippen LogP contribution in [0, 0.1) is 12.8 Å². The van der Waals surface area contributed by atoms with Crippen LogP contribution in [0.1, 0.15) is 29.3 Å². The van der Waals surface area contributed by atoms with Gasteiger partial charge < -0.3 is 10.2 Å². The second-order valence-corrected chi connectivity index (χ2v) is 6.89. The van der Waals surface area contributed by atoms with Gasteiger partial charge in [-0.1, -0.05) is 11.6 Å². The third kappa shape index (κ3) is 3.78. The van der Waals surface area contributed by atoms with E-state index >= 15 is 0 Å². The van der Waals surface area contributed by atoms with E-state index < -0.39 is 5.92 Å². The molecule has 0 radical (unpaired) electrons. The van der Waals surface area contributed by atoms with Gasteiger partial charge in [0.05, 0.1) is 5.92 Å². The predicted octanol–water partition coefficient (Wildman–Crippen LogP) is 3.84. The maximum Gasteiger partial charge on any atom is 0.229 e. The molecule has 1 aliphatic heterocycles. The molecule has 1 aliphatic rings. The summed E-state index contributed by atoms with van der Waals surface area (Å²) in [5, 5.41) is 3.48. The molecule has 2 amide bonds. The minimum absolute atomic E-state index is 0.0279. The van der Waals surface area contributed by atoms with E-state index in [0.29, 0.717) is 28.5 Å². The third-order valence-corrected chi connectivity index (χ3v) is 4.76. The molecule has 1 saturated heterocycles. The lowest BCUT2D eigenvalue weighted by Gasteiger charge is -2.17. The standard InChI is InChI=1S/C20H19ClN2O3/c1-12-9-16(21)5-8-18(12)22-20(26)15-10-19(25)23(11-15)17-6-3-14(4-7-17)13(2)24/h3-9,15H,10-11H2,1-2H3,(H,22,26). The predicted molar refractivity (Wildman–Crippen MR) is 102 cm³/mol. The summed E-state index contributed by atoms with van der Waals surface area (Å²) in [4.78, 5) is 37.8. The molecule has 0 spiro atoms. The molecule has 3 rings (SSSR count). The number of anilines is 2. The topological polar surface area (TPSA) is 66.5 Å². The molecule has 0 aliphatic carbocycles. The average molecular weight is 371 g/mol. The molecule has 0 bridgehead atoms. The number of Topliss-reactive ketones (excluding diaryl/α,β-unsaturated/α-hetero) is 1. The van der Waals surface area contributed by atoms with Gasteiger partial charge in [0.25, 0.3) is 0 Å². The highest BCUT2D eigenvalue weighted by Gasteiger charge is 2.35. The molecule has 1 N–H and O–H groups in total. The van der Waals surface area contributed by atoms with E-state index in [1.54, 1.807) is 47.4 Å². The van der Waals surface area contributed by atoms with Crippen LogP contribution in [-0.4, -0.2) is 24.1 Å². The highest BCUT2D eigenvalue weighted by molar-refractivity contribution is 6.30. The molecule has 26 heavy (non-hydrogen) atoms. The Bertz CT molecular complexity index is 877. The molecular formula is C20H19ClN2O3. The average Bonchev–Trinajstić information content (AvgIpc) is 2.99. The lowest BCUT2D eigenvalue weighted by Crippen LogP contribution is -2.28. The number of hydrogen-bond donors (Lipinski definition) is 1. The van der Waals surface area contributed by atoms with E-state index in [9.17, 15) is 14.4 Å². The molecule has 2 aromatic carbocycles. The molecule has 1 atom stereocenters. The number of ketones is 1. The highest BCUT2D eigenvalue weighted by atomic mass is 35.5. The second-order valence-electron chi connectivity index (χ2n) is 6.46. The van der Waals surface area contributed by atoms with Crippen molar-refractivity contribution in [1.82, 2.24) is 0 Å². The van der Waals surface area contributed by atoms with E-state index in [2.05, 4.69) is 5.32 Å². The van der Waals surface area contributed by atoms with Gasteiger partial charge in [-0.25, -0.2) is 0 Å². The van der Waals surface area contributed by atoms with Crippen molar-refractivity contribution in [2.75, 3.05) is 16.8 Å². The maximum absolute atomic E-state index is 12.6. The van der Waals surface area contributed by atoms with Crippen molar-refractivity contribution in [3.05, 3.63) is 58.6 Å². The number of carbonyl (C=O) groups excluding carboxylic acids is 3. The fraction of sp³-hybridized carbons (Fsp3) is 0.250. The number of hydrogen-bond acceptors (Lipinski definition) is 3. The molecule has 0 saturated carbocycles. The van der Waals surface area contributed by atoms with Crippen molar-refractivity contribution >= 4 is 40.6 Å². The summed E-state index contributed by atoms with van der Waals surface area (Å²) in [6.07, 6.45) is 0.160. The van der Waals surface area contributed by atoms with Crippen molar-refractivity contribution in [2.45, 2.75) is 20.3 Å². The Morgan fingerprint density at radius 1 is 1.15 bits per heavy atom. The Hall–Kier alpha value is -2.66. The highest BCUT2D eigenvalue weighted by Crippen LogP contribution is 2.27. The number of nitrogens with zero attached hydrogens (tertiary/aromatic N) is 1. The summed E-state index contributed by atoms with van der Waals surface area (Å²) < 4.78 is 0. The van der Waals surface area contributed by atoms with Crippen LogP contribution >= 0.6 is 11.6 Å². The third-order valence-electron chi connectivity index (χ3n) is 4.53. The van der Waals surface area contributed by atoms with Gasteiger partial charge >= 0.3 is 0 Å². The van der Waals surface area contributed by atoms with Crippen LogP contribution in [0.3, 0.4) is 0 Å². The largest absolute Gasteiger partial charge is 0.326 e. The van der Waals surface area contributed by atoms with E-state index in [4.69, 9.17) is 11.6 Å². The molecule has 1 unspecified atom stereocenters. The first-order valence-electron chi connectivity index (χ1n) is 8.33. The van der Waals surface area contributed by atoms with Gasteiger partial charge in [-0.15, -0.1) is 0 Å². The molecule has 134 valence electrons. The summed E-state index contributed by atoms with van der Waals surface area (Å²) in [6, 6.07) is 12.1. The van der Waals surface area contributed by atoms with Gasteiger partial charge in [0, 0.05) is 34.9 Å². The van der Waals surface area contributed by atoms with Crippen LogP contribution < -0.4 is 10.2 Å². The van der Waals surface area contributed by atoms with E-state index in [1.165, 1.54) is 6.92 Å². The summed E-state index contributed by atoms with van der Waals surface area (Å²) in [7, 11) is 0. The Morgan fingerprint density at radius 3 is 2.46 bits per heavy atom. The van der Waals surface area contributed by atoms with Crippen molar-refractivity contribution < 1.29 is 14.4 Å². The first-order chi connectivity index (χ1) is 12.3. The fourth-order valence-electron chi connectivity index (χ4n) is 3.01. The van der Waals surface area contributed by atoms with Gasteiger partial charge in [-0.2, -0.15) is 0 Å². The molecule has 6 heteroatoms. The fourth-order valence-corrected chi connectivity index (χ4v) is 3.24. The van der Waals surface area contributed by atoms with Crippen LogP contribution in [0.4, 0.5) is 11.4 Å². The maximum atomic E-state index is 12.6. The molecule has 2 aromatic rings. The minimum Gasteiger partial charge on any atom is -0.326 e. The van der Waals surface area contributed by atoms with Crippen LogP contribution in [0.2, 0.25) is 5.02 Å². The molecule has 5 nitrogen and oxygen atoms in total. The van der Waals surface area contributed by atoms with Gasteiger partial charge in [-0.3, -0.25) is 14.4 Å². The van der Waals surface area contributed by atoms with Crippen molar-refractivity contribution in [3.8, 4) is 0 Å². The molecule has 0 aromatic heterocycles. The Morgan fingerprint density at radius 2 is 1.85 bits per heavy atom. The number of benzene rings is 2. The van der Waals surface area contributed by atoms with E-state index in [1.807, 2.05) is 6.92 Å². The Labute approximate surface area is 156 Å². The monoisotopic (exact) mass is 370 g/mol.